The Morgan fingerprint density at radius 3 is 2.41 bits per heavy atom. The first-order valence-corrected chi connectivity index (χ1v) is 16.3. The van der Waals surface area contributed by atoms with Gasteiger partial charge >= 0.3 is 0 Å². The van der Waals surface area contributed by atoms with Crippen molar-refractivity contribution in [1.82, 2.24) is 20.2 Å². The van der Waals surface area contributed by atoms with Crippen molar-refractivity contribution in [3.8, 4) is 5.75 Å². The lowest BCUT2D eigenvalue weighted by atomic mass is 9.87. The average molecular weight is 608 g/mol. The van der Waals surface area contributed by atoms with Crippen LogP contribution in [-0.2, 0) is 4.79 Å². The SMILES string of the molecule is CCOc1cc(C(=O)NC2CCN(C(C)C)CC2)ccc1N(C)c1ncc(NC)c(N(CC(C)(C)C(C)=O)C2CCCC2)n1. The molecule has 2 fully saturated rings. The normalized spacial score (nSPS) is 16.7. The van der Waals surface area contributed by atoms with Crippen molar-refractivity contribution >= 4 is 34.8 Å². The molecule has 1 aromatic heterocycles. The molecule has 1 saturated carbocycles. The van der Waals surface area contributed by atoms with E-state index in [1.54, 1.807) is 6.92 Å². The summed E-state index contributed by atoms with van der Waals surface area (Å²) in [5, 5.41) is 6.51. The van der Waals surface area contributed by atoms with E-state index in [2.05, 4.69) is 34.3 Å². The first kappa shape index (κ1) is 33.5. The van der Waals surface area contributed by atoms with Gasteiger partial charge in [-0.25, -0.2) is 4.98 Å². The van der Waals surface area contributed by atoms with Crippen molar-refractivity contribution in [2.45, 2.75) is 98.2 Å². The summed E-state index contributed by atoms with van der Waals surface area (Å²) in [6, 6.07) is 6.57. The van der Waals surface area contributed by atoms with Gasteiger partial charge in [0, 0.05) is 62.8 Å². The van der Waals surface area contributed by atoms with Gasteiger partial charge in [-0.3, -0.25) is 9.59 Å². The van der Waals surface area contributed by atoms with E-state index in [1.807, 2.05) is 64.2 Å². The Bertz CT molecular complexity index is 1280. The number of hydrogen-bond acceptors (Lipinski definition) is 9. The fourth-order valence-electron chi connectivity index (χ4n) is 6.19. The van der Waals surface area contributed by atoms with Crippen LogP contribution >= 0.6 is 0 Å². The van der Waals surface area contributed by atoms with Crippen LogP contribution in [0.1, 0.15) is 90.4 Å². The van der Waals surface area contributed by atoms with Crippen molar-refractivity contribution in [2.75, 3.05) is 55.5 Å². The number of hydrogen-bond donors (Lipinski definition) is 2. The second-order valence-electron chi connectivity index (χ2n) is 13.2. The zero-order valence-corrected chi connectivity index (χ0v) is 28.1. The quantitative estimate of drug-likeness (QED) is 0.299. The third-order valence-electron chi connectivity index (χ3n) is 9.36. The van der Waals surface area contributed by atoms with Crippen LogP contribution in [0.2, 0.25) is 0 Å². The molecule has 10 heteroatoms. The predicted molar refractivity (Wildman–Crippen MR) is 179 cm³/mol. The summed E-state index contributed by atoms with van der Waals surface area (Å²) >= 11 is 0. The third kappa shape index (κ3) is 7.81. The van der Waals surface area contributed by atoms with Gasteiger partial charge in [0.25, 0.3) is 5.91 Å². The maximum Gasteiger partial charge on any atom is 0.251 e. The topological polar surface area (TPSA) is 103 Å². The Labute approximate surface area is 263 Å². The summed E-state index contributed by atoms with van der Waals surface area (Å²) in [7, 11) is 3.79. The number of benzene rings is 1. The highest BCUT2D eigenvalue weighted by atomic mass is 16.5. The first-order chi connectivity index (χ1) is 20.9. The van der Waals surface area contributed by atoms with Crippen molar-refractivity contribution in [2.24, 2.45) is 5.41 Å². The van der Waals surface area contributed by atoms with Gasteiger partial charge in [-0.05, 0) is 71.6 Å². The van der Waals surface area contributed by atoms with E-state index in [0.717, 1.165) is 56.0 Å². The van der Waals surface area contributed by atoms with E-state index in [0.29, 0.717) is 42.5 Å². The number of carbonyl (C=O) groups is 2. The Morgan fingerprint density at radius 1 is 1.14 bits per heavy atom. The van der Waals surface area contributed by atoms with Gasteiger partial charge in [0.2, 0.25) is 5.95 Å². The molecule has 10 nitrogen and oxygen atoms in total. The summed E-state index contributed by atoms with van der Waals surface area (Å²) in [5.74, 6) is 1.98. The van der Waals surface area contributed by atoms with Crippen LogP contribution in [0, 0.1) is 5.41 Å². The number of rotatable bonds is 13. The molecule has 2 N–H and O–H groups in total. The van der Waals surface area contributed by atoms with Gasteiger partial charge < -0.3 is 30.1 Å². The van der Waals surface area contributed by atoms with Gasteiger partial charge in [-0.1, -0.05) is 26.7 Å². The van der Waals surface area contributed by atoms with Crippen LogP contribution in [-0.4, -0.2) is 85.0 Å². The molecule has 0 spiro atoms. The van der Waals surface area contributed by atoms with Crippen LogP contribution in [0.3, 0.4) is 0 Å². The number of amides is 1. The number of ketones is 1. The Kier molecular flexibility index (Phi) is 11.1. The molecule has 1 aliphatic carbocycles. The molecule has 2 aromatic rings. The molecule has 2 aliphatic rings. The number of ether oxygens (including phenoxy) is 1. The van der Waals surface area contributed by atoms with E-state index in [9.17, 15) is 9.59 Å². The maximum atomic E-state index is 13.3. The Balaban J connectivity index is 1.60. The number of aromatic nitrogens is 2. The number of Topliss-reactive ketones (excluding diaryl/α,β-unsaturated/α-hetero) is 1. The lowest BCUT2D eigenvalue weighted by Crippen LogP contribution is -2.46. The number of piperidine rings is 1. The summed E-state index contributed by atoms with van der Waals surface area (Å²) in [6.07, 6.45) is 8.19. The molecule has 0 unspecified atom stereocenters. The van der Waals surface area contributed by atoms with E-state index in [-0.39, 0.29) is 17.7 Å². The Hall–Kier alpha value is -3.40. The molecule has 44 heavy (non-hydrogen) atoms. The first-order valence-electron chi connectivity index (χ1n) is 16.3. The molecule has 0 radical (unpaired) electrons. The minimum absolute atomic E-state index is 0.0830. The molecular formula is C34H53N7O3. The predicted octanol–water partition coefficient (Wildman–Crippen LogP) is 5.65. The molecule has 1 amide bonds. The van der Waals surface area contributed by atoms with Crippen LogP contribution < -0.4 is 25.2 Å². The lowest BCUT2D eigenvalue weighted by molar-refractivity contribution is -0.124. The fourth-order valence-corrected chi connectivity index (χ4v) is 6.19. The van der Waals surface area contributed by atoms with E-state index >= 15 is 0 Å². The van der Waals surface area contributed by atoms with Crippen LogP contribution in [0.25, 0.3) is 0 Å². The van der Waals surface area contributed by atoms with Crippen LogP contribution in [0.15, 0.2) is 24.4 Å². The number of likely N-dealkylation sites (tertiary alicyclic amines) is 1. The minimum Gasteiger partial charge on any atom is -0.492 e. The zero-order chi connectivity index (χ0) is 32.0. The number of anilines is 4. The van der Waals surface area contributed by atoms with Gasteiger partial charge in [-0.15, -0.1) is 0 Å². The number of nitrogens with one attached hydrogen (secondary N) is 2. The molecular weight excluding hydrogens is 554 g/mol. The summed E-state index contributed by atoms with van der Waals surface area (Å²) in [5.41, 5.74) is 1.65. The molecule has 0 bridgehead atoms. The molecule has 2 heterocycles. The number of nitrogens with zero attached hydrogens (tertiary/aromatic N) is 5. The molecule has 1 aromatic carbocycles. The second-order valence-corrected chi connectivity index (χ2v) is 13.2. The average Bonchev–Trinajstić information content (AvgIpc) is 3.54. The standard InChI is InChI=1S/C34H53N7O3/c1-9-44-30-20-25(32(43)37-26-16-18-40(19-17-26)23(2)3)14-15-29(30)39(8)33-36-21-28(35-7)31(38-33)41(27-12-10-11-13-27)22-34(5,6)24(4)42/h14-15,20-21,23,26-27,35H,9-13,16-19,22H2,1-8H3,(H,37,43). The van der Waals surface area contributed by atoms with Gasteiger partial charge in [0.05, 0.1) is 24.2 Å². The highest BCUT2D eigenvalue weighted by molar-refractivity contribution is 5.95. The monoisotopic (exact) mass is 607 g/mol. The fraction of sp³-hybridized carbons (Fsp3) is 0.647. The van der Waals surface area contributed by atoms with Crippen LogP contribution in [0.5, 0.6) is 5.75 Å². The van der Waals surface area contributed by atoms with Crippen molar-refractivity contribution in [1.29, 1.82) is 0 Å². The largest absolute Gasteiger partial charge is 0.492 e. The molecule has 242 valence electrons. The molecule has 4 rings (SSSR count). The van der Waals surface area contributed by atoms with Gasteiger partial charge in [-0.2, -0.15) is 4.98 Å². The van der Waals surface area contributed by atoms with Crippen molar-refractivity contribution in [3.05, 3.63) is 30.0 Å². The molecule has 1 saturated heterocycles. The highest BCUT2D eigenvalue weighted by Gasteiger charge is 2.34. The molecule has 1 aliphatic heterocycles. The molecule has 0 atom stereocenters. The van der Waals surface area contributed by atoms with E-state index in [1.165, 1.54) is 12.8 Å². The lowest BCUT2D eigenvalue weighted by Gasteiger charge is -2.37. The van der Waals surface area contributed by atoms with Crippen molar-refractivity contribution in [3.63, 3.8) is 0 Å². The third-order valence-corrected chi connectivity index (χ3v) is 9.36. The van der Waals surface area contributed by atoms with Gasteiger partial charge in [0.15, 0.2) is 5.82 Å². The summed E-state index contributed by atoms with van der Waals surface area (Å²) < 4.78 is 6.05. The van der Waals surface area contributed by atoms with Crippen LogP contribution in [0.4, 0.5) is 23.1 Å². The Morgan fingerprint density at radius 2 is 1.82 bits per heavy atom. The zero-order valence-electron chi connectivity index (χ0n) is 28.1. The summed E-state index contributed by atoms with van der Waals surface area (Å²) in [4.78, 5) is 42.3. The second kappa shape index (κ2) is 14.6. The van der Waals surface area contributed by atoms with E-state index < -0.39 is 5.41 Å². The highest BCUT2D eigenvalue weighted by Crippen LogP contribution is 2.37. The number of carbonyl (C=O) groups excluding carboxylic acids is 2. The smallest absolute Gasteiger partial charge is 0.251 e. The minimum atomic E-state index is -0.519. The van der Waals surface area contributed by atoms with Gasteiger partial charge in [0.1, 0.15) is 11.5 Å². The summed E-state index contributed by atoms with van der Waals surface area (Å²) in [6.45, 7) is 15.1. The van der Waals surface area contributed by atoms with Crippen molar-refractivity contribution < 1.29 is 14.3 Å². The van der Waals surface area contributed by atoms with E-state index in [4.69, 9.17) is 14.7 Å². The maximum absolute atomic E-state index is 13.3.